The lowest BCUT2D eigenvalue weighted by Gasteiger charge is -2.15. The maximum Gasteiger partial charge on any atom is 0.220 e. The minimum atomic E-state index is 0.148. The largest absolute Gasteiger partial charge is 0.353 e. The Balaban J connectivity index is 2.03. The SMILES string of the molecule is Cc1ccc2cc(C3CC(=O)NC3C)ccc2n1. The van der Waals surface area contributed by atoms with Gasteiger partial charge in [0.05, 0.1) is 5.52 Å². The average molecular weight is 240 g/mol. The molecule has 1 amide bonds. The fraction of sp³-hybridized carbons (Fsp3) is 0.333. The third-order valence-electron chi connectivity index (χ3n) is 3.68. The molecule has 2 unspecified atom stereocenters. The summed E-state index contributed by atoms with van der Waals surface area (Å²) in [5.41, 5.74) is 3.27. The van der Waals surface area contributed by atoms with Gasteiger partial charge in [-0.05, 0) is 37.6 Å². The number of aryl methyl sites for hydroxylation is 1. The molecule has 0 aliphatic carbocycles. The van der Waals surface area contributed by atoms with E-state index in [-0.39, 0.29) is 17.9 Å². The van der Waals surface area contributed by atoms with Gasteiger partial charge in [-0.1, -0.05) is 12.1 Å². The first-order valence-corrected chi connectivity index (χ1v) is 6.30. The van der Waals surface area contributed by atoms with Crippen LogP contribution in [0.4, 0.5) is 0 Å². The summed E-state index contributed by atoms with van der Waals surface area (Å²) in [6.07, 6.45) is 0.589. The van der Waals surface area contributed by atoms with Gasteiger partial charge < -0.3 is 5.32 Å². The van der Waals surface area contributed by atoms with Gasteiger partial charge in [0.1, 0.15) is 0 Å². The molecule has 0 bridgehead atoms. The molecule has 3 heteroatoms. The Kier molecular flexibility index (Phi) is 2.54. The van der Waals surface area contributed by atoms with Gasteiger partial charge in [0.15, 0.2) is 0 Å². The van der Waals surface area contributed by atoms with E-state index in [1.165, 1.54) is 5.56 Å². The van der Waals surface area contributed by atoms with Crippen molar-refractivity contribution in [2.24, 2.45) is 0 Å². The van der Waals surface area contributed by atoms with Crippen molar-refractivity contribution in [3.63, 3.8) is 0 Å². The zero-order valence-corrected chi connectivity index (χ0v) is 10.6. The molecule has 0 saturated carbocycles. The van der Waals surface area contributed by atoms with Crippen molar-refractivity contribution in [2.75, 3.05) is 0 Å². The zero-order valence-electron chi connectivity index (χ0n) is 10.6. The molecule has 3 rings (SSSR count). The summed E-state index contributed by atoms with van der Waals surface area (Å²) in [7, 11) is 0. The first-order valence-electron chi connectivity index (χ1n) is 6.30. The van der Waals surface area contributed by atoms with Gasteiger partial charge >= 0.3 is 0 Å². The van der Waals surface area contributed by atoms with Crippen molar-refractivity contribution < 1.29 is 4.79 Å². The zero-order chi connectivity index (χ0) is 12.7. The number of fused-ring (bicyclic) bond motifs is 1. The molecule has 1 aromatic heterocycles. The van der Waals surface area contributed by atoms with Crippen molar-refractivity contribution in [3.05, 3.63) is 41.6 Å². The molecule has 92 valence electrons. The summed E-state index contributed by atoms with van der Waals surface area (Å²) in [6, 6.07) is 10.6. The number of benzene rings is 1. The maximum absolute atomic E-state index is 11.4. The van der Waals surface area contributed by atoms with Crippen LogP contribution in [0.3, 0.4) is 0 Å². The lowest BCUT2D eigenvalue weighted by Crippen LogP contribution is -2.24. The van der Waals surface area contributed by atoms with Crippen molar-refractivity contribution in [1.82, 2.24) is 10.3 Å². The molecule has 0 spiro atoms. The van der Waals surface area contributed by atoms with Crippen LogP contribution in [0.2, 0.25) is 0 Å². The summed E-state index contributed by atoms with van der Waals surface area (Å²) in [5, 5.41) is 4.11. The van der Waals surface area contributed by atoms with Gasteiger partial charge in [-0.15, -0.1) is 0 Å². The van der Waals surface area contributed by atoms with E-state index in [4.69, 9.17) is 0 Å². The molecule has 1 aliphatic rings. The predicted octanol–water partition coefficient (Wildman–Crippen LogP) is 2.54. The molecule has 1 aromatic carbocycles. The molecule has 0 radical (unpaired) electrons. The number of pyridine rings is 1. The standard InChI is InChI=1S/C15H16N2O/c1-9-3-4-12-7-11(5-6-14(12)16-9)13-8-15(18)17-10(13)2/h3-7,10,13H,8H2,1-2H3,(H,17,18). The highest BCUT2D eigenvalue weighted by Crippen LogP contribution is 2.30. The number of carbonyl (C=O) groups excluding carboxylic acids is 1. The second-order valence-corrected chi connectivity index (χ2v) is 5.07. The van der Waals surface area contributed by atoms with Crippen LogP contribution < -0.4 is 5.32 Å². The summed E-state index contributed by atoms with van der Waals surface area (Å²) < 4.78 is 0. The third kappa shape index (κ3) is 1.86. The molecule has 18 heavy (non-hydrogen) atoms. The van der Waals surface area contributed by atoms with Gasteiger partial charge in [-0.2, -0.15) is 0 Å². The lowest BCUT2D eigenvalue weighted by molar-refractivity contribution is -0.119. The van der Waals surface area contributed by atoms with E-state index >= 15 is 0 Å². The topological polar surface area (TPSA) is 42.0 Å². The monoisotopic (exact) mass is 240 g/mol. The number of amides is 1. The Bertz CT molecular complexity index is 621. The number of carbonyl (C=O) groups is 1. The first kappa shape index (κ1) is 11.2. The quantitative estimate of drug-likeness (QED) is 0.832. The molecule has 2 atom stereocenters. The Morgan fingerprint density at radius 2 is 2.11 bits per heavy atom. The van der Waals surface area contributed by atoms with E-state index in [0.29, 0.717) is 6.42 Å². The highest BCUT2D eigenvalue weighted by atomic mass is 16.1. The van der Waals surface area contributed by atoms with Crippen LogP contribution in [-0.2, 0) is 4.79 Å². The Morgan fingerprint density at radius 1 is 1.28 bits per heavy atom. The number of nitrogens with one attached hydrogen (secondary N) is 1. The van der Waals surface area contributed by atoms with Crippen LogP contribution in [-0.4, -0.2) is 16.9 Å². The molecular formula is C15H16N2O. The molecule has 3 nitrogen and oxygen atoms in total. The highest BCUT2D eigenvalue weighted by molar-refractivity contribution is 5.82. The maximum atomic E-state index is 11.4. The van der Waals surface area contributed by atoms with E-state index in [2.05, 4.69) is 35.4 Å². The van der Waals surface area contributed by atoms with Gasteiger partial charge in [-0.25, -0.2) is 0 Å². The fourth-order valence-electron chi connectivity index (χ4n) is 2.67. The Hall–Kier alpha value is -1.90. The first-order chi connectivity index (χ1) is 8.63. The molecule has 2 heterocycles. The highest BCUT2D eigenvalue weighted by Gasteiger charge is 2.30. The summed E-state index contributed by atoms with van der Waals surface area (Å²) in [4.78, 5) is 15.9. The van der Waals surface area contributed by atoms with E-state index in [0.717, 1.165) is 16.6 Å². The molecule has 1 saturated heterocycles. The molecule has 1 aliphatic heterocycles. The van der Waals surface area contributed by atoms with E-state index < -0.39 is 0 Å². The average Bonchev–Trinajstić information content (AvgIpc) is 2.68. The molecule has 2 aromatic rings. The Morgan fingerprint density at radius 3 is 2.83 bits per heavy atom. The normalized spacial score (nSPS) is 23.3. The second kappa shape index (κ2) is 4.09. The van der Waals surface area contributed by atoms with E-state index in [9.17, 15) is 4.79 Å². The van der Waals surface area contributed by atoms with Crippen molar-refractivity contribution in [1.29, 1.82) is 0 Å². The number of hydrogen-bond acceptors (Lipinski definition) is 2. The van der Waals surface area contributed by atoms with Crippen LogP contribution in [0.5, 0.6) is 0 Å². The summed E-state index contributed by atoms with van der Waals surface area (Å²) in [6.45, 7) is 4.06. The molecule has 1 fully saturated rings. The predicted molar refractivity (Wildman–Crippen MR) is 71.4 cm³/mol. The molecule has 1 N–H and O–H groups in total. The van der Waals surface area contributed by atoms with Gasteiger partial charge in [0.25, 0.3) is 0 Å². The number of nitrogens with zero attached hydrogens (tertiary/aromatic N) is 1. The van der Waals surface area contributed by atoms with Crippen molar-refractivity contribution in [3.8, 4) is 0 Å². The minimum absolute atomic E-state index is 0.148. The van der Waals surface area contributed by atoms with Crippen LogP contribution >= 0.6 is 0 Å². The second-order valence-electron chi connectivity index (χ2n) is 5.07. The third-order valence-corrected chi connectivity index (χ3v) is 3.68. The van der Waals surface area contributed by atoms with Crippen LogP contribution in [0.25, 0.3) is 10.9 Å². The summed E-state index contributed by atoms with van der Waals surface area (Å²) in [5.74, 6) is 0.429. The van der Waals surface area contributed by atoms with Gasteiger partial charge in [-0.3, -0.25) is 9.78 Å². The minimum Gasteiger partial charge on any atom is -0.353 e. The van der Waals surface area contributed by atoms with Crippen molar-refractivity contribution in [2.45, 2.75) is 32.2 Å². The summed E-state index contributed by atoms with van der Waals surface area (Å²) >= 11 is 0. The van der Waals surface area contributed by atoms with Crippen LogP contribution in [0, 0.1) is 6.92 Å². The number of hydrogen-bond donors (Lipinski definition) is 1. The van der Waals surface area contributed by atoms with E-state index in [1.54, 1.807) is 0 Å². The molecular weight excluding hydrogens is 224 g/mol. The number of rotatable bonds is 1. The fourth-order valence-corrected chi connectivity index (χ4v) is 2.67. The van der Waals surface area contributed by atoms with Crippen molar-refractivity contribution >= 4 is 16.8 Å². The number of aromatic nitrogens is 1. The van der Waals surface area contributed by atoms with E-state index in [1.807, 2.05) is 19.1 Å². The van der Waals surface area contributed by atoms with Crippen LogP contribution in [0.1, 0.15) is 30.5 Å². The Labute approximate surface area is 106 Å². The van der Waals surface area contributed by atoms with Gasteiger partial charge in [0, 0.05) is 29.5 Å². The van der Waals surface area contributed by atoms with Gasteiger partial charge in [0.2, 0.25) is 5.91 Å². The van der Waals surface area contributed by atoms with Crippen LogP contribution in [0.15, 0.2) is 30.3 Å². The lowest BCUT2D eigenvalue weighted by atomic mass is 9.92. The smallest absolute Gasteiger partial charge is 0.220 e.